The Labute approximate surface area is 149 Å². The molecule has 0 bridgehead atoms. The van der Waals surface area contributed by atoms with Gasteiger partial charge in [-0.1, -0.05) is 11.8 Å². The van der Waals surface area contributed by atoms with Crippen molar-refractivity contribution in [2.45, 2.75) is 30.4 Å². The van der Waals surface area contributed by atoms with Gasteiger partial charge in [0.1, 0.15) is 0 Å². The van der Waals surface area contributed by atoms with Crippen LogP contribution in [-0.2, 0) is 4.79 Å². The molecular weight excluding hydrogens is 436 g/mol. The van der Waals surface area contributed by atoms with Crippen LogP contribution in [0.4, 0.5) is 5.69 Å². The third kappa shape index (κ3) is 4.55. The fraction of sp³-hybridized carbons (Fsp3) is 0.286. The summed E-state index contributed by atoms with van der Waals surface area (Å²) >= 11 is 10.0. The minimum absolute atomic E-state index is 0.0434. The number of amides is 1. The zero-order valence-corrected chi connectivity index (χ0v) is 16.5. The van der Waals surface area contributed by atoms with Crippen molar-refractivity contribution < 1.29 is 4.79 Å². The first-order chi connectivity index (χ1) is 9.86. The van der Waals surface area contributed by atoms with Crippen LogP contribution in [0.5, 0.6) is 0 Å². The Balaban J connectivity index is 2.07. The minimum Gasteiger partial charge on any atom is -0.323 e. The smallest absolute Gasteiger partial charge is 0.237 e. The largest absolute Gasteiger partial charge is 0.323 e. The van der Waals surface area contributed by atoms with Crippen LogP contribution in [-0.4, -0.2) is 16.1 Å². The normalized spacial score (nSPS) is 12.2. The molecule has 1 heterocycles. The first kappa shape index (κ1) is 17.0. The Morgan fingerprint density at radius 2 is 1.95 bits per heavy atom. The van der Waals surface area contributed by atoms with E-state index in [1.165, 1.54) is 11.8 Å². The third-order valence-electron chi connectivity index (χ3n) is 2.68. The maximum atomic E-state index is 12.3. The van der Waals surface area contributed by atoms with Gasteiger partial charge in [0.15, 0.2) is 4.34 Å². The second-order valence-corrected chi connectivity index (χ2v) is 8.76. The molecule has 1 amide bonds. The summed E-state index contributed by atoms with van der Waals surface area (Å²) in [5, 5.41) is 4.73. The standard InChI is InChI=1S/C14H14Br2N2OS2/c1-7-4-10(15)12(11(16)5-7)18-13(19)9(3)21-14-17-8(2)6-20-14/h4-6,9H,1-3H3,(H,18,19). The van der Waals surface area contributed by atoms with E-state index in [0.717, 1.165) is 30.2 Å². The lowest BCUT2D eigenvalue weighted by Gasteiger charge is -2.14. The predicted octanol–water partition coefficient (Wildman–Crippen LogP) is 5.40. The number of carbonyl (C=O) groups is 1. The van der Waals surface area contributed by atoms with Gasteiger partial charge < -0.3 is 5.32 Å². The summed E-state index contributed by atoms with van der Waals surface area (Å²) in [7, 11) is 0. The van der Waals surface area contributed by atoms with E-state index in [4.69, 9.17) is 0 Å². The number of benzene rings is 1. The van der Waals surface area contributed by atoms with Crippen molar-refractivity contribution in [1.29, 1.82) is 0 Å². The predicted molar refractivity (Wildman–Crippen MR) is 97.4 cm³/mol. The number of aromatic nitrogens is 1. The van der Waals surface area contributed by atoms with E-state index in [1.807, 2.05) is 38.3 Å². The molecule has 2 rings (SSSR count). The molecule has 0 radical (unpaired) electrons. The fourth-order valence-electron chi connectivity index (χ4n) is 1.64. The van der Waals surface area contributed by atoms with E-state index in [0.29, 0.717) is 0 Å². The van der Waals surface area contributed by atoms with Crippen LogP contribution in [0.2, 0.25) is 0 Å². The zero-order valence-electron chi connectivity index (χ0n) is 11.7. The van der Waals surface area contributed by atoms with E-state index in [1.54, 1.807) is 11.3 Å². The molecule has 0 saturated heterocycles. The minimum atomic E-state index is -0.212. The number of rotatable bonds is 4. The summed E-state index contributed by atoms with van der Waals surface area (Å²) in [6.07, 6.45) is 0. The summed E-state index contributed by atoms with van der Waals surface area (Å²) in [5.74, 6) is -0.0434. The number of nitrogens with zero attached hydrogens (tertiary/aromatic N) is 1. The van der Waals surface area contributed by atoms with Gasteiger partial charge in [-0.15, -0.1) is 11.3 Å². The fourth-order valence-corrected chi connectivity index (χ4v) is 5.23. The van der Waals surface area contributed by atoms with Gasteiger partial charge in [-0.05, 0) is 70.3 Å². The van der Waals surface area contributed by atoms with E-state index in [-0.39, 0.29) is 11.2 Å². The molecule has 0 spiro atoms. The highest BCUT2D eigenvalue weighted by atomic mass is 79.9. The van der Waals surface area contributed by atoms with E-state index >= 15 is 0 Å². The molecule has 7 heteroatoms. The zero-order chi connectivity index (χ0) is 15.6. The van der Waals surface area contributed by atoms with Gasteiger partial charge in [0.05, 0.1) is 10.9 Å². The molecular formula is C14H14Br2N2OS2. The molecule has 0 aliphatic carbocycles. The molecule has 1 atom stereocenters. The highest BCUT2D eigenvalue weighted by molar-refractivity contribution is 9.11. The molecule has 1 N–H and O–H groups in total. The molecule has 3 nitrogen and oxygen atoms in total. The number of thioether (sulfide) groups is 1. The van der Waals surface area contributed by atoms with Crippen molar-refractivity contribution >= 4 is 66.6 Å². The molecule has 0 aliphatic heterocycles. The van der Waals surface area contributed by atoms with Gasteiger partial charge >= 0.3 is 0 Å². The highest BCUT2D eigenvalue weighted by Gasteiger charge is 2.18. The van der Waals surface area contributed by atoms with Crippen molar-refractivity contribution in [2.75, 3.05) is 5.32 Å². The number of anilines is 1. The van der Waals surface area contributed by atoms with E-state index in [9.17, 15) is 4.79 Å². The van der Waals surface area contributed by atoms with Gasteiger partial charge in [0, 0.05) is 20.0 Å². The number of thiazole rings is 1. The topological polar surface area (TPSA) is 42.0 Å². The van der Waals surface area contributed by atoms with Crippen molar-refractivity contribution in [1.82, 2.24) is 4.98 Å². The summed E-state index contributed by atoms with van der Waals surface area (Å²) in [5.41, 5.74) is 2.86. The monoisotopic (exact) mass is 448 g/mol. The Morgan fingerprint density at radius 3 is 2.48 bits per heavy atom. The SMILES string of the molecule is Cc1cc(Br)c(NC(=O)C(C)Sc2nc(C)cs2)c(Br)c1. The molecule has 2 aromatic rings. The lowest BCUT2D eigenvalue weighted by Crippen LogP contribution is -2.22. The number of hydrogen-bond donors (Lipinski definition) is 1. The third-order valence-corrected chi connectivity index (χ3v) is 6.12. The maximum Gasteiger partial charge on any atom is 0.237 e. The van der Waals surface area contributed by atoms with Crippen molar-refractivity contribution in [2.24, 2.45) is 0 Å². The van der Waals surface area contributed by atoms with Crippen LogP contribution in [0.15, 0.2) is 30.8 Å². The van der Waals surface area contributed by atoms with Gasteiger partial charge in [0.2, 0.25) is 5.91 Å². The van der Waals surface area contributed by atoms with Gasteiger partial charge in [-0.2, -0.15) is 0 Å². The van der Waals surface area contributed by atoms with Crippen molar-refractivity contribution in [3.8, 4) is 0 Å². The van der Waals surface area contributed by atoms with Gasteiger partial charge in [-0.25, -0.2) is 4.98 Å². The highest BCUT2D eigenvalue weighted by Crippen LogP contribution is 2.33. The van der Waals surface area contributed by atoms with E-state index < -0.39 is 0 Å². The lowest BCUT2D eigenvalue weighted by atomic mass is 10.2. The quantitative estimate of drug-likeness (QED) is 0.635. The summed E-state index contributed by atoms with van der Waals surface area (Å²) < 4.78 is 2.65. The van der Waals surface area contributed by atoms with Crippen LogP contribution in [0, 0.1) is 13.8 Å². The first-order valence-corrected chi connectivity index (χ1v) is 9.56. The second kappa shape index (κ2) is 7.26. The molecule has 21 heavy (non-hydrogen) atoms. The Hall–Kier alpha value is -0.370. The Morgan fingerprint density at radius 1 is 1.33 bits per heavy atom. The van der Waals surface area contributed by atoms with Gasteiger partial charge in [0.25, 0.3) is 0 Å². The van der Waals surface area contributed by atoms with E-state index in [2.05, 4.69) is 42.2 Å². The number of halogens is 2. The molecule has 1 aromatic heterocycles. The van der Waals surface area contributed by atoms with Crippen LogP contribution in [0.25, 0.3) is 0 Å². The number of nitrogens with one attached hydrogen (secondary N) is 1. The van der Waals surface area contributed by atoms with Crippen LogP contribution in [0.1, 0.15) is 18.2 Å². The van der Waals surface area contributed by atoms with Crippen molar-refractivity contribution in [3.63, 3.8) is 0 Å². The maximum absolute atomic E-state index is 12.3. The lowest BCUT2D eigenvalue weighted by molar-refractivity contribution is -0.115. The number of carbonyl (C=O) groups excluding carboxylic acids is 1. The second-order valence-electron chi connectivity index (χ2n) is 4.61. The van der Waals surface area contributed by atoms with Gasteiger partial charge in [-0.3, -0.25) is 4.79 Å². The average molecular weight is 450 g/mol. The molecule has 0 fully saturated rings. The molecule has 0 saturated carbocycles. The number of hydrogen-bond acceptors (Lipinski definition) is 4. The molecule has 1 aromatic carbocycles. The first-order valence-electron chi connectivity index (χ1n) is 6.22. The van der Waals surface area contributed by atoms with Crippen molar-refractivity contribution in [3.05, 3.63) is 37.7 Å². The molecule has 0 aliphatic rings. The summed E-state index contributed by atoms with van der Waals surface area (Å²) in [6, 6.07) is 3.95. The van der Waals surface area contributed by atoms with Crippen LogP contribution in [0.3, 0.4) is 0 Å². The average Bonchev–Trinajstić information content (AvgIpc) is 2.78. The Kier molecular flexibility index (Phi) is 5.88. The van der Waals surface area contributed by atoms with Crippen LogP contribution >= 0.6 is 55.0 Å². The van der Waals surface area contributed by atoms with Crippen LogP contribution < -0.4 is 5.32 Å². The molecule has 1 unspecified atom stereocenters. The summed E-state index contributed by atoms with van der Waals surface area (Å²) in [4.78, 5) is 16.7. The molecule has 112 valence electrons. The number of aryl methyl sites for hydroxylation is 2. The Bertz CT molecular complexity index is 650. The summed E-state index contributed by atoms with van der Waals surface area (Å²) in [6.45, 7) is 5.84.